The molecule has 0 heterocycles. The Bertz CT molecular complexity index is 885. The van der Waals surface area contributed by atoms with Crippen molar-refractivity contribution in [2.75, 3.05) is 6.61 Å². The van der Waals surface area contributed by atoms with Gasteiger partial charge in [-0.1, -0.05) is 56.3 Å². The molecule has 2 rings (SSSR count). The third-order valence-corrected chi connectivity index (χ3v) is 4.24. The first-order valence-corrected chi connectivity index (χ1v) is 9.31. The zero-order valence-electron chi connectivity index (χ0n) is 16.5. The van der Waals surface area contributed by atoms with E-state index in [2.05, 4.69) is 5.32 Å². The quantitative estimate of drug-likeness (QED) is 0.431. The molecule has 1 N–H and O–H groups in total. The molecule has 0 saturated carbocycles. The lowest BCUT2D eigenvalue weighted by atomic mass is 9.98. The summed E-state index contributed by atoms with van der Waals surface area (Å²) in [6, 6.07) is 14.9. The molecule has 0 spiro atoms. The average molecular weight is 379 g/mol. The second kappa shape index (κ2) is 10.2. The van der Waals surface area contributed by atoms with Crippen molar-refractivity contribution in [3.8, 4) is 0 Å². The number of ketones is 1. The lowest BCUT2D eigenvalue weighted by molar-refractivity contribution is -0.139. The standard InChI is InChI=1S/C23H25NO4/c1-4-17-11-12-19(5-2)20(13-17)22(26)15-28-23(27)21(24-16(3)25)14-18-9-7-6-8-10-18/h6-14H,4-5,15H2,1-3H3,(H,24,25)/b21-14+. The van der Waals surface area contributed by atoms with Gasteiger partial charge >= 0.3 is 5.97 Å². The molecule has 5 heteroatoms. The Morgan fingerprint density at radius 3 is 2.32 bits per heavy atom. The van der Waals surface area contributed by atoms with Crippen LogP contribution in [0.1, 0.15) is 47.8 Å². The van der Waals surface area contributed by atoms with E-state index in [4.69, 9.17) is 4.74 Å². The minimum Gasteiger partial charge on any atom is -0.453 e. The van der Waals surface area contributed by atoms with Gasteiger partial charge < -0.3 is 10.1 Å². The molecule has 0 fully saturated rings. The van der Waals surface area contributed by atoms with Crippen LogP contribution in [0.5, 0.6) is 0 Å². The Balaban J connectivity index is 2.15. The number of benzene rings is 2. The van der Waals surface area contributed by atoms with Crippen LogP contribution in [-0.2, 0) is 27.2 Å². The molecule has 0 radical (unpaired) electrons. The molecule has 0 aliphatic carbocycles. The number of nitrogens with one attached hydrogen (secondary N) is 1. The van der Waals surface area contributed by atoms with Crippen molar-refractivity contribution in [1.82, 2.24) is 5.32 Å². The highest BCUT2D eigenvalue weighted by Crippen LogP contribution is 2.15. The van der Waals surface area contributed by atoms with E-state index in [9.17, 15) is 14.4 Å². The van der Waals surface area contributed by atoms with Gasteiger partial charge in [-0.15, -0.1) is 0 Å². The number of hydrogen-bond donors (Lipinski definition) is 1. The number of Topliss-reactive ketones (excluding diaryl/α,β-unsaturated/α-hetero) is 1. The van der Waals surface area contributed by atoms with Gasteiger partial charge in [0, 0.05) is 12.5 Å². The second-order valence-electron chi connectivity index (χ2n) is 6.35. The van der Waals surface area contributed by atoms with E-state index in [0.717, 1.165) is 23.1 Å². The third kappa shape index (κ3) is 5.91. The molecular formula is C23H25NO4. The molecule has 0 aliphatic rings. The van der Waals surface area contributed by atoms with Gasteiger partial charge in [0.15, 0.2) is 6.61 Å². The van der Waals surface area contributed by atoms with E-state index < -0.39 is 11.9 Å². The highest BCUT2D eigenvalue weighted by molar-refractivity contribution is 6.02. The lowest BCUT2D eigenvalue weighted by Gasteiger charge is -2.11. The lowest BCUT2D eigenvalue weighted by Crippen LogP contribution is -2.27. The monoisotopic (exact) mass is 379 g/mol. The fourth-order valence-electron chi connectivity index (χ4n) is 2.75. The van der Waals surface area contributed by atoms with Crippen LogP contribution < -0.4 is 5.32 Å². The molecule has 0 unspecified atom stereocenters. The zero-order chi connectivity index (χ0) is 20.5. The van der Waals surface area contributed by atoms with Gasteiger partial charge in [0.25, 0.3) is 0 Å². The first kappa shape index (κ1) is 21.1. The van der Waals surface area contributed by atoms with Crippen LogP contribution in [-0.4, -0.2) is 24.3 Å². The Kier molecular flexibility index (Phi) is 7.69. The van der Waals surface area contributed by atoms with Crippen molar-refractivity contribution < 1.29 is 19.1 Å². The van der Waals surface area contributed by atoms with Crippen molar-refractivity contribution in [2.45, 2.75) is 33.6 Å². The van der Waals surface area contributed by atoms with Crippen LogP contribution in [0.15, 0.2) is 54.2 Å². The average Bonchev–Trinajstić information content (AvgIpc) is 2.71. The van der Waals surface area contributed by atoms with Gasteiger partial charge in [-0.05, 0) is 41.7 Å². The Hall–Kier alpha value is -3.21. The van der Waals surface area contributed by atoms with E-state index in [1.807, 2.05) is 50.2 Å². The van der Waals surface area contributed by atoms with Crippen LogP contribution in [0.2, 0.25) is 0 Å². The topological polar surface area (TPSA) is 72.5 Å². The normalized spacial score (nSPS) is 11.0. The molecule has 5 nitrogen and oxygen atoms in total. The third-order valence-electron chi connectivity index (χ3n) is 4.24. The zero-order valence-corrected chi connectivity index (χ0v) is 16.5. The summed E-state index contributed by atoms with van der Waals surface area (Å²) >= 11 is 0. The van der Waals surface area contributed by atoms with Crippen LogP contribution in [0.4, 0.5) is 0 Å². The van der Waals surface area contributed by atoms with Crippen molar-refractivity contribution in [1.29, 1.82) is 0 Å². The summed E-state index contributed by atoms with van der Waals surface area (Å²) < 4.78 is 5.20. The smallest absolute Gasteiger partial charge is 0.355 e. The maximum atomic E-state index is 12.6. The summed E-state index contributed by atoms with van der Waals surface area (Å²) in [7, 11) is 0. The molecule has 0 aliphatic heterocycles. The van der Waals surface area contributed by atoms with Gasteiger partial charge in [0.05, 0.1) is 0 Å². The molecule has 2 aromatic rings. The van der Waals surface area contributed by atoms with Crippen LogP contribution in [0.25, 0.3) is 6.08 Å². The van der Waals surface area contributed by atoms with Crippen molar-refractivity contribution >= 4 is 23.7 Å². The maximum absolute atomic E-state index is 12.6. The Labute approximate surface area is 165 Å². The fraction of sp³-hybridized carbons (Fsp3) is 0.261. The summed E-state index contributed by atoms with van der Waals surface area (Å²) in [5, 5.41) is 2.47. The van der Waals surface area contributed by atoms with Gasteiger partial charge in [0.2, 0.25) is 11.7 Å². The molecule has 146 valence electrons. The predicted octanol–water partition coefficient (Wildman–Crippen LogP) is 3.71. The van der Waals surface area contributed by atoms with Gasteiger partial charge in [-0.25, -0.2) is 4.79 Å². The molecule has 0 bridgehead atoms. The second-order valence-corrected chi connectivity index (χ2v) is 6.35. The SMILES string of the molecule is CCc1ccc(CC)c(C(=O)COC(=O)/C(=C\c2ccccc2)NC(C)=O)c1. The summed E-state index contributed by atoms with van der Waals surface area (Å²) in [6.45, 7) is 4.91. The number of ether oxygens (including phenoxy) is 1. The number of aryl methyl sites for hydroxylation is 2. The van der Waals surface area contributed by atoms with E-state index in [1.54, 1.807) is 12.1 Å². The summed E-state index contributed by atoms with van der Waals surface area (Å²) in [6.07, 6.45) is 3.05. The van der Waals surface area contributed by atoms with Gasteiger partial charge in [0.1, 0.15) is 5.70 Å². The molecule has 0 atom stereocenters. The van der Waals surface area contributed by atoms with Gasteiger partial charge in [-0.3, -0.25) is 9.59 Å². The predicted molar refractivity (Wildman–Crippen MR) is 109 cm³/mol. The van der Waals surface area contributed by atoms with E-state index in [0.29, 0.717) is 12.0 Å². The molecular weight excluding hydrogens is 354 g/mol. The largest absolute Gasteiger partial charge is 0.453 e. The minimum atomic E-state index is -0.753. The van der Waals surface area contributed by atoms with E-state index in [-0.39, 0.29) is 18.1 Å². The molecule has 0 aromatic heterocycles. The number of esters is 1. The maximum Gasteiger partial charge on any atom is 0.355 e. The summed E-state index contributed by atoms with van der Waals surface area (Å²) in [5.41, 5.74) is 3.26. The Morgan fingerprint density at radius 1 is 1.00 bits per heavy atom. The Morgan fingerprint density at radius 2 is 1.71 bits per heavy atom. The number of rotatable bonds is 8. The molecule has 28 heavy (non-hydrogen) atoms. The minimum absolute atomic E-state index is 0.00970. The van der Waals surface area contributed by atoms with Gasteiger partial charge in [-0.2, -0.15) is 0 Å². The highest BCUT2D eigenvalue weighted by Gasteiger charge is 2.17. The van der Waals surface area contributed by atoms with Crippen molar-refractivity contribution in [3.05, 3.63) is 76.5 Å². The summed E-state index contributed by atoms with van der Waals surface area (Å²) in [5.74, 6) is -1.41. The van der Waals surface area contributed by atoms with Crippen LogP contribution in [0.3, 0.4) is 0 Å². The first-order valence-electron chi connectivity index (χ1n) is 9.31. The van der Waals surface area contributed by atoms with E-state index >= 15 is 0 Å². The molecule has 2 aromatic carbocycles. The molecule has 0 saturated heterocycles. The van der Waals surface area contributed by atoms with Crippen molar-refractivity contribution in [2.24, 2.45) is 0 Å². The van der Waals surface area contributed by atoms with Crippen LogP contribution in [0, 0.1) is 0 Å². The number of hydrogen-bond acceptors (Lipinski definition) is 4. The van der Waals surface area contributed by atoms with E-state index in [1.165, 1.54) is 13.0 Å². The number of amides is 1. The van der Waals surface area contributed by atoms with Crippen molar-refractivity contribution in [3.63, 3.8) is 0 Å². The molecule has 1 amide bonds. The summed E-state index contributed by atoms with van der Waals surface area (Å²) in [4.78, 5) is 36.5. The first-order chi connectivity index (χ1) is 13.4. The van der Waals surface area contributed by atoms with Crippen LogP contribution >= 0.6 is 0 Å². The fourth-order valence-corrected chi connectivity index (χ4v) is 2.75. The highest BCUT2D eigenvalue weighted by atomic mass is 16.5. The number of carbonyl (C=O) groups excluding carboxylic acids is 3. The number of carbonyl (C=O) groups is 3.